The number of carbonyl (C=O) groups is 1. The fourth-order valence-electron chi connectivity index (χ4n) is 3.40. The third kappa shape index (κ3) is 4.26. The lowest BCUT2D eigenvalue weighted by molar-refractivity contribution is -0.693. The van der Waals surface area contributed by atoms with Crippen molar-refractivity contribution in [2.45, 2.75) is 44.1 Å². The van der Waals surface area contributed by atoms with E-state index in [4.69, 9.17) is 14.2 Å². The number of hydrogen-bond acceptors (Lipinski definition) is 4. The highest BCUT2D eigenvalue weighted by Crippen LogP contribution is 2.27. The van der Waals surface area contributed by atoms with Crippen molar-refractivity contribution < 1.29 is 24.3 Å². The molecule has 1 amide bonds. The molecule has 2 heterocycles. The second kappa shape index (κ2) is 8.46. The number of alkyl carbamates (subject to hydrolysis) is 1. The van der Waals surface area contributed by atoms with Gasteiger partial charge in [-0.1, -0.05) is 30.3 Å². The first-order chi connectivity index (χ1) is 11.8. The number of nitrogens with two attached hydrogens (primary N) is 1. The zero-order valence-corrected chi connectivity index (χ0v) is 14.1. The Hall–Kier alpha value is -1.63. The van der Waals surface area contributed by atoms with Crippen molar-refractivity contribution in [3.8, 4) is 0 Å². The number of hydrogen-bond donors (Lipinski definition) is 2. The Labute approximate surface area is 142 Å². The maximum Gasteiger partial charge on any atom is 0.407 e. The first kappa shape index (κ1) is 17.2. The fourth-order valence-corrected chi connectivity index (χ4v) is 3.40. The van der Waals surface area contributed by atoms with Crippen LogP contribution in [-0.2, 0) is 20.6 Å². The van der Waals surface area contributed by atoms with Crippen LogP contribution in [0, 0.1) is 0 Å². The van der Waals surface area contributed by atoms with E-state index in [1.807, 2.05) is 13.0 Å². The monoisotopic (exact) mass is 335 g/mol. The molecule has 132 valence electrons. The number of aryl methyl sites for hydroxylation is 1. The highest BCUT2D eigenvalue weighted by atomic mass is 16.6. The van der Waals surface area contributed by atoms with Crippen molar-refractivity contribution in [3.05, 3.63) is 35.9 Å². The molecule has 0 spiro atoms. The smallest absolute Gasteiger partial charge is 0.407 e. The summed E-state index contributed by atoms with van der Waals surface area (Å²) >= 11 is 0. The van der Waals surface area contributed by atoms with Gasteiger partial charge in [-0.2, -0.15) is 0 Å². The average molecular weight is 335 g/mol. The van der Waals surface area contributed by atoms with Crippen LogP contribution in [0.1, 0.15) is 18.9 Å². The first-order valence-corrected chi connectivity index (χ1v) is 8.83. The molecule has 2 aliphatic heterocycles. The van der Waals surface area contributed by atoms with Gasteiger partial charge in [0.1, 0.15) is 24.9 Å². The maximum atomic E-state index is 11.6. The zero-order chi connectivity index (χ0) is 16.8. The molecule has 6 nitrogen and oxygen atoms in total. The molecule has 6 heteroatoms. The molecular formula is C18H27N2O4+. The molecule has 0 radical (unpaired) electrons. The van der Waals surface area contributed by atoms with Gasteiger partial charge in [0.25, 0.3) is 0 Å². The Morgan fingerprint density at radius 3 is 2.83 bits per heavy atom. The summed E-state index contributed by atoms with van der Waals surface area (Å²) in [7, 11) is 0. The van der Waals surface area contributed by atoms with Crippen LogP contribution < -0.4 is 10.6 Å². The number of quaternary nitrogens is 1. The van der Waals surface area contributed by atoms with Gasteiger partial charge in [-0.15, -0.1) is 0 Å². The summed E-state index contributed by atoms with van der Waals surface area (Å²) < 4.78 is 17.1. The third-order valence-corrected chi connectivity index (χ3v) is 4.61. The predicted molar refractivity (Wildman–Crippen MR) is 88.8 cm³/mol. The summed E-state index contributed by atoms with van der Waals surface area (Å²) in [5.74, 6) is 0. The van der Waals surface area contributed by atoms with Gasteiger partial charge in [0.2, 0.25) is 0 Å². The Kier molecular flexibility index (Phi) is 6.07. The van der Waals surface area contributed by atoms with E-state index in [1.165, 1.54) is 5.56 Å². The summed E-state index contributed by atoms with van der Waals surface area (Å²) in [4.78, 5) is 11.6. The minimum atomic E-state index is -0.398. The fraction of sp³-hybridized carbons (Fsp3) is 0.611. The molecule has 3 rings (SSSR count). The van der Waals surface area contributed by atoms with E-state index in [0.29, 0.717) is 19.8 Å². The van der Waals surface area contributed by atoms with Gasteiger partial charge >= 0.3 is 6.09 Å². The molecule has 0 aliphatic carbocycles. The van der Waals surface area contributed by atoms with Crippen molar-refractivity contribution in [1.29, 1.82) is 0 Å². The van der Waals surface area contributed by atoms with Gasteiger partial charge in [-0.05, 0) is 18.9 Å². The summed E-state index contributed by atoms with van der Waals surface area (Å²) in [6.07, 6.45) is 1.39. The topological polar surface area (TPSA) is 73.4 Å². The van der Waals surface area contributed by atoms with E-state index < -0.39 is 6.09 Å². The Balaban J connectivity index is 1.39. The minimum Gasteiger partial charge on any atom is -0.441 e. The normalized spacial score (nSPS) is 28.5. The largest absolute Gasteiger partial charge is 0.441 e. The Morgan fingerprint density at radius 1 is 1.25 bits per heavy atom. The standard InChI is InChI=1S/C18H26N2O4/c1-2-19-18(21)24-15-12-23-16-14(11-22-17(15)16)20-10-6-9-13-7-4-3-5-8-13/h3-5,7-8,14-17,20H,2,6,9-12H2,1H3,(H,19,21)/p+1/t14-,15+,16+,17+/m0/s1. The van der Waals surface area contributed by atoms with Crippen LogP contribution in [-0.4, -0.2) is 56.8 Å². The zero-order valence-electron chi connectivity index (χ0n) is 14.1. The minimum absolute atomic E-state index is 0.0150. The molecule has 1 aromatic carbocycles. The molecule has 0 bridgehead atoms. The number of benzene rings is 1. The summed E-state index contributed by atoms with van der Waals surface area (Å²) in [5.41, 5.74) is 1.37. The lowest BCUT2D eigenvalue weighted by Gasteiger charge is -2.16. The molecule has 24 heavy (non-hydrogen) atoms. The molecule has 2 saturated heterocycles. The summed E-state index contributed by atoms with van der Waals surface area (Å²) in [6, 6.07) is 10.8. The quantitative estimate of drug-likeness (QED) is 0.710. The molecular weight excluding hydrogens is 308 g/mol. The lowest BCUT2D eigenvalue weighted by atomic mass is 10.1. The molecule has 3 N–H and O–H groups in total. The molecule has 2 aliphatic rings. The lowest BCUT2D eigenvalue weighted by Crippen LogP contribution is -2.92. The van der Waals surface area contributed by atoms with E-state index in [-0.39, 0.29) is 24.4 Å². The van der Waals surface area contributed by atoms with Crippen LogP contribution in [0.5, 0.6) is 0 Å². The maximum absolute atomic E-state index is 11.6. The average Bonchev–Trinajstić information content (AvgIpc) is 3.16. The van der Waals surface area contributed by atoms with Crippen LogP contribution in [0.3, 0.4) is 0 Å². The number of nitrogens with one attached hydrogen (secondary N) is 1. The number of amides is 1. The number of fused-ring (bicyclic) bond motifs is 1. The van der Waals surface area contributed by atoms with Crippen LogP contribution in [0.2, 0.25) is 0 Å². The molecule has 0 aromatic heterocycles. The second-order valence-electron chi connectivity index (χ2n) is 6.35. The first-order valence-electron chi connectivity index (χ1n) is 8.83. The van der Waals surface area contributed by atoms with Gasteiger partial charge in [0, 0.05) is 13.0 Å². The van der Waals surface area contributed by atoms with Crippen LogP contribution in [0.25, 0.3) is 0 Å². The van der Waals surface area contributed by atoms with Gasteiger partial charge in [-0.3, -0.25) is 0 Å². The van der Waals surface area contributed by atoms with E-state index >= 15 is 0 Å². The van der Waals surface area contributed by atoms with Crippen molar-refractivity contribution in [2.75, 3.05) is 26.3 Å². The SMILES string of the molecule is CCNC(=O)O[C@@H]1CO[C@H]2[C@@H]1OC[C@@H]2[NH2+]CCCc1ccccc1. The Morgan fingerprint density at radius 2 is 2.04 bits per heavy atom. The molecule has 2 fully saturated rings. The van der Waals surface area contributed by atoms with Crippen LogP contribution in [0.15, 0.2) is 30.3 Å². The van der Waals surface area contributed by atoms with Crippen molar-refractivity contribution in [1.82, 2.24) is 5.32 Å². The number of carbonyl (C=O) groups excluding carboxylic acids is 1. The predicted octanol–water partition coefficient (Wildman–Crippen LogP) is 0.464. The molecule has 0 unspecified atom stereocenters. The van der Waals surface area contributed by atoms with Crippen LogP contribution >= 0.6 is 0 Å². The van der Waals surface area contributed by atoms with E-state index in [1.54, 1.807) is 0 Å². The molecule has 1 aromatic rings. The van der Waals surface area contributed by atoms with E-state index in [0.717, 1.165) is 19.4 Å². The van der Waals surface area contributed by atoms with Crippen LogP contribution in [0.4, 0.5) is 4.79 Å². The highest BCUT2D eigenvalue weighted by molar-refractivity contribution is 5.67. The molecule has 0 saturated carbocycles. The summed E-state index contributed by atoms with van der Waals surface area (Å²) in [6.45, 7) is 4.52. The van der Waals surface area contributed by atoms with Crippen molar-refractivity contribution >= 4 is 6.09 Å². The van der Waals surface area contributed by atoms with Gasteiger partial charge in [0.05, 0.1) is 13.2 Å². The number of rotatable bonds is 7. The van der Waals surface area contributed by atoms with Gasteiger partial charge in [0.15, 0.2) is 6.10 Å². The van der Waals surface area contributed by atoms with E-state index in [2.05, 4.69) is 34.9 Å². The third-order valence-electron chi connectivity index (χ3n) is 4.61. The van der Waals surface area contributed by atoms with Gasteiger partial charge < -0.3 is 24.8 Å². The second-order valence-corrected chi connectivity index (χ2v) is 6.35. The van der Waals surface area contributed by atoms with E-state index in [9.17, 15) is 4.79 Å². The van der Waals surface area contributed by atoms with Crippen molar-refractivity contribution in [3.63, 3.8) is 0 Å². The highest BCUT2D eigenvalue weighted by Gasteiger charge is 2.51. The van der Waals surface area contributed by atoms with Gasteiger partial charge in [-0.25, -0.2) is 4.79 Å². The Bertz CT molecular complexity index is 525. The summed E-state index contributed by atoms with van der Waals surface area (Å²) in [5, 5.41) is 4.95. The molecule has 4 atom stereocenters. The number of ether oxygens (including phenoxy) is 3. The van der Waals surface area contributed by atoms with Crippen molar-refractivity contribution in [2.24, 2.45) is 0 Å².